The summed E-state index contributed by atoms with van der Waals surface area (Å²) in [7, 11) is 1.80. The summed E-state index contributed by atoms with van der Waals surface area (Å²) in [4.78, 5) is 15.1. The molecule has 0 radical (unpaired) electrons. The van der Waals surface area contributed by atoms with Crippen LogP contribution in [0.1, 0.15) is 21.0 Å². The Hall–Kier alpha value is -2.07. The molecule has 4 heteroatoms. The highest BCUT2D eigenvalue weighted by molar-refractivity contribution is 7.21. The second-order valence-electron chi connectivity index (χ2n) is 4.79. The summed E-state index contributed by atoms with van der Waals surface area (Å²) in [6.07, 6.45) is 1.62. The first kappa shape index (κ1) is 12.9. The van der Waals surface area contributed by atoms with Crippen LogP contribution in [0.4, 0.5) is 0 Å². The molecule has 0 N–H and O–H groups in total. The number of hydrogen-bond donors (Lipinski definition) is 0. The van der Waals surface area contributed by atoms with Gasteiger partial charge in [0.2, 0.25) is 0 Å². The van der Waals surface area contributed by atoms with E-state index in [0.29, 0.717) is 6.54 Å². The molecule has 0 unspecified atom stereocenters. The lowest BCUT2D eigenvalue weighted by Crippen LogP contribution is -2.25. The Balaban J connectivity index is 1.90. The van der Waals surface area contributed by atoms with Crippen LogP contribution in [0.15, 0.2) is 47.1 Å². The van der Waals surface area contributed by atoms with Gasteiger partial charge in [0, 0.05) is 11.7 Å². The standard InChI is InChI=1S/C16H15NO2S/c1-11-13-7-3-4-8-14(13)20-15(11)16(18)17(2)10-12-6-5-9-19-12/h3-9H,10H2,1-2H3. The molecule has 0 spiro atoms. The first-order valence-electron chi connectivity index (χ1n) is 6.43. The third-order valence-corrected chi connectivity index (χ3v) is 4.62. The summed E-state index contributed by atoms with van der Waals surface area (Å²) in [5, 5.41) is 1.16. The molecule has 0 atom stereocenters. The van der Waals surface area contributed by atoms with Crippen LogP contribution in [0.25, 0.3) is 10.1 Å². The number of furan rings is 1. The summed E-state index contributed by atoms with van der Waals surface area (Å²) in [6.45, 7) is 2.49. The van der Waals surface area contributed by atoms with Crippen LogP contribution in [0.2, 0.25) is 0 Å². The Bertz CT molecular complexity index is 743. The van der Waals surface area contributed by atoms with Gasteiger partial charge in [0.05, 0.1) is 17.7 Å². The van der Waals surface area contributed by atoms with Crippen molar-refractivity contribution < 1.29 is 9.21 Å². The largest absolute Gasteiger partial charge is 0.467 e. The molecule has 0 aliphatic heterocycles. The topological polar surface area (TPSA) is 33.5 Å². The molecule has 2 heterocycles. The lowest BCUT2D eigenvalue weighted by Gasteiger charge is -2.15. The number of hydrogen-bond acceptors (Lipinski definition) is 3. The molecule has 0 fully saturated rings. The molecule has 102 valence electrons. The van der Waals surface area contributed by atoms with Gasteiger partial charge in [-0.2, -0.15) is 0 Å². The van der Waals surface area contributed by atoms with Crippen molar-refractivity contribution in [2.24, 2.45) is 0 Å². The highest BCUT2D eigenvalue weighted by Crippen LogP contribution is 2.31. The van der Waals surface area contributed by atoms with E-state index in [2.05, 4.69) is 12.1 Å². The fourth-order valence-corrected chi connectivity index (χ4v) is 3.46. The van der Waals surface area contributed by atoms with E-state index < -0.39 is 0 Å². The zero-order valence-electron chi connectivity index (χ0n) is 11.4. The summed E-state index contributed by atoms with van der Waals surface area (Å²) in [5.74, 6) is 0.833. The molecule has 3 rings (SSSR count). The van der Waals surface area contributed by atoms with Gasteiger partial charge < -0.3 is 9.32 Å². The van der Waals surface area contributed by atoms with Crippen LogP contribution < -0.4 is 0 Å². The average Bonchev–Trinajstić information content (AvgIpc) is 3.07. The van der Waals surface area contributed by atoms with Crippen molar-refractivity contribution in [3.8, 4) is 0 Å². The lowest BCUT2D eigenvalue weighted by molar-refractivity contribution is 0.0779. The van der Waals surface area contributed by atoms with Crippen LogP contribution >= 0.6 is 11.3 Å². The molecule has 0 aliphatic rings. The molecular weight excluding hydrogens is 270 g/mol. The summed E-state index contributed by atoms with van der Waals surface area (Å²) >= 11 is 1.55. The number of aryl methyl sites for hydroxylation is 1. The van der Waals surface area contributed by atoms with Crippen LogP contribution in [-0.4, -0.2) is 17.9 Å². The zero-order valence-corrected chi connectivity index (χ0v) is 12.2. The number of rotatable bonds is 3. The van der Waals surface area contributed by atoms with Gasteiger partial charge in [-0.25, -0.2) is 0 Å². The van der Waals surface area contributed by atoms with Gasteiger partial charge in [-0.05, 0) is 36.1 Å². The first-order valence-corrected chi connectivity index (χ1v) is 7.24. The fourth-order valence-electron chi connectivity index (χ4n) is 2.26. The minimum atomic E-state index is 0.0418. The number of carbonyl (C=O) groups is 1. The number of amides is 1. The SMILES string of the molecule is Cc1c(C(=O)N(C)Cc2ccco2)sc2ccccc12. The van der Waals surface area contributed by atoms with Crippen molar-refractivity contribution in [2.75, 3.05) is 7.05 Å². The van der Waals surface area contributed by atoms with Gasteiger partial charge in [0.1, 0.15) is 5.76 Å². The fraction of sp³-hybridized carbons (Fsp3) is 0.188. The van der Waals surface area contributed by atoms with Crippen molar-refractivity contribution in [2.45, 2.75) is 13.5 Å². The number of nitrogens with zero attached hydrogens (tertiary/aromatic N) is 1. The summed E-state index contributed by atoms with van der Waals surface area (Å²) in [6, 6.07) is 11.8. The van der Waals surface area contributed by atoms with Gasteiger partial charge in [0.25, 0.3) is 5.91 Å². The minimum absolute atomic E-state index is 0.0418. The lowest BCUT2D eigenvalue weighted by atomic mass is 10.1. The minimum Gasteiger partial charge on any atom is -0.467 e. The smallest absolute Gasteiger partial charge is 0.264 e. The Morgan fingerprint density at radius 3 is 2.75 bits per heavy atom. The Morgan fingerprint density at radius 2 is 2.05 bits per heavy atom. The van der Waals surface area contributed by atoms with E-state index in [-0.39, 0.29) is 5.91 Å². The average molecular weight is 285 g/mol. The predicted octanol–water partition coefficient (Wildman–Crippen LogP) is 4.07. The van der Waals surface area contributed by atoms with Crippen molar-refractivity contribution in [1.82, 2.24) is 4.90 Å². The van der Waals surface area contributed by atoms with Crippen molar-refractivity contribution >= 4 is 27.3 Å². The molecule has 3 nitrogen and oxygen atoms in total. The maximum Gasteiger partial charge on any atom is 0.264 e. The van der Waals surface area contributed by atoms with Gasteiger partial charge in [-0.3, -0.25) is 4.79 Å². The molecule has 2 aromatic heterocycles. The Morgan fingerprint density at radius 1 is 1.25 bits per heavy atom. The number of carbonyl (C=O) groups excluding carboxylic acids is 1. The van der Waals surface area contributed by atoms with Gasteiger partial charge in [0.15, 0.2) is 0 Å². The van der Waals surface area contributed by atoms with Crippen LogP contribution in [-0.2, 0) is 6.54 Å². The van der Waals surface area contributed by atoms with Crippen LogP contribution in [0.3, 0.4) is 0 Å². The van der Waals surface area contributed by atoms with Crippen LogP contribution in [0.5, 0.6) is 0 Å². The maximum atomic E-state index is 12.6. The van der Waals surface area contributed by atoms with Gasteiger partial charge >= 0.3 is 0 Å². The molecule has 20 heavy (non-hydrogen) atoms. The third kappa shape index (κ3) is 2.23. The molecular formula is C16H15NO2S. The molecule has 0 bridgehead atoms. The summed E-state index contributed by atoms with van der Waals surface area (Å²) < 4.78 is 6.44. The highest BCUT2D eigenvalue weighted by Gasteiger charge is 2.19. The molecule has 0 saturated carbocycles. The van der Waals surface area contributed by atoms with E-state index in [0.717, 1.165) is 26.3 Å². The molecule has 1 amide bonds. The third-order valence-electron chi connectivity index (χ3n) is 3.36. The van der Waals surface area contributed by atoms with Crippen LogP contribution in [0, 0.1) is 6.92 Å². The second kappa shape index (κ2) is 5.13. The van der Waals surface area contributed by atoms with E-state index in [1.807, 2.05) is 31.2 Å². The Kier molecular flexibility index (Phi) is 3.32. The monoisotopic (exact) mass is 285 g/mol. The second-order valence-corrected chi connectivity index (χ2v) is 5.85. The van der Waals surface area contributed by atoms with Crippen molar-refractivity contribution in [3.05, 3.63) is 58.9 Å². The molecule has 1 aromatic carbocycles. The quantitative estimate of drug-likeness (QED) is 0.726. The molecule has 3 aromatic rings. The van der Waals surface area contributed by atoms with Gasteiger partial charge in [-0.15, -0.1) is 11.3 Å². The molecule has 0 aliphatic carbocycles. The number of fused-ring (bicyclic) bond motifs is 1. The van der Waals surface area contributed by atoms with E-state index in [9.17, 15) is 4.79 Å². The predicted molar refractivity (Wildman–Crippen MR) is 81.1 cm³/mol. The van der Waals surface area contributed by atoms with E-state index in [4.69, 9.17) is 4.42 Å². The Labute approximate surface area is 121 Å². The molecule has 0 saturated heterocycles. The highest BCUT2D eigenvalue weighted by atomic mass is 32.1. The maximum absolute atomic E-state index is 12.6. The van der Waals surface area contributed by atoms with Gasteiger partial charge in [-0.1, -0.05) is 18.2 Å². The number of thiophene rings is 1. The summed E-state index contributed by atoms with van der Waals surface area (Å²) in [5.41, 5.74) is 1.06. The van der Waals surface area contributed by atoms with E-state index in [1.54, 1.807) is 29.5 Å². The van der Waals surface area contributed by atoms with Crippen molar-refractivity contribution in [3.63, 3.8) is 0 Å². The normalized spacial score (nSPS) is 10.9. The first-order chi connectivity index (χ1) is 9.66. The van der Waals surface area contributed by atoms with E-state index in [1.165, 1.54) is 0 Å². The number of benzene rings is 1. The zero-order chi connectivity index (χ0) is 14.1. The van der Waals surface area contributed by atoms with Crippen molar-refractivity contribution in [1.29, 1.82) is 0 Å². The van der Waals surface area contributed by atoms with E-state index >= 15 is 0 Å².